The van der Waals surface area contributed by atoms with Gasteiger partial charge < -0.3 is 9.88 Å². The van der Waals surface area contributed by atoms with E-state index in [1.165, 1.54) is 33.4 Å². The summed E-state index contributed by atoms with van der Waals surface area (Å²) in [5, 5.41) is 12.6. The Morgan fingerprint density at radius 1 is 0.684 bits per heavy atom. The van der Waals surface area contributed by atoms with Crippen LogP contribution < -0.4 is 10.6 Å². The number of fused-ring (bicyclic) bond motifs is 4. The van der Waals surface area contributed by atoms with E-state index in [2.05, 4.69) is 80.2 Å². The summed E-state index contributed by atoms with van der Waals surface area (Å²) in [4.78, 5) is 26.3. The van der Waals surface area contributed by atoms with E-state index in [0.29, 0.717) is 23.5 Å². The van der Waals surface area contributed by atoms with Crippen LogP contribution in [-0.4, -0.2) is 25.6 Å². The molecule has 7 aromatic rings. The number of carbonyl (C=O) groups excluding carboxylic acids is 1. The van der Waals surface area contributed by atoms with Crippen molar-refractivity contribution in [3.8, 4) is 0 Å². The van der Waals surface area contributed by atoms with Crippen molar-refractivity contribution in [3.63, 3.8) is 0 Å². The van der Waals surface area contributed by atoms with Crippen LogP contribution in [0.2, 0.25) is 0 Å². The molecule has 2 N–H and O–H groups in total. The molecule has 0 saturated heterocycles. The van der Waals surface area contributed by atoms with E-state index in [1.807, 2.05) is 47.0 Å². The molecule has 0 fully saturated rings. The largest absolute Gasteiger partial charge is 0.324 e. The van der Waals surface area contributed by atoms with E-state index in [9.17, 15) is 4.79 Å². The maximum Gasteiger partial charge on any atom is 0.324 e. The first-order chi connectivity index (χ1) is 18.7. The first-order valence-electron chi connectivity index (χ1n) is 12.4. The fraction of sp³-hybridized carbons (Fsp3) is 0.0323. The molecular weight excluding hydrogens is 472 g/mol. The summed E-state index contributed by atoms with van der Waals surface area (Å²) in [6, 6.07) is 32.4. The van der Waals surface area contributed by atoms with Gasteiger partial charge in [-0.05, 0) is 44.6 Å². The second-order valence-electron chi connectivity index (χ2n) is 9.17. The second kappa shape index (κ2) is 8.97. The number of anilines is 2. The average Bonchev–Trinajstić information content (AvgIpc) is 3.37. The lowest BCUT2D eigenvalue weighted by Crippen LogP contribution is -2.20. The van der Waals surface area contributed by atoms with Gasteiger partial charge in [-0.25, -0.2) is 19.7 Å². The lowest BCUT2D eigenvalue weighted by molar-refractivity contribution is 0.262. The summed E-state index contributed by atoms with van der Waals surface area (Å²) < 4.78 is 2.00. The molecule has 2 aromatic heterocycles. The van der Waals surface area contributed by atoms with Crippen LogP contribution in [-0.2, 0) is 6.54 Å². The summed E-state index contributed by atoms with van der Waals surface area (Å²) in [6.07, 6.45) is 3.21. The molecule has 0 aliphatic carbocycles. The standard InChI is InChI=1S/C31H22N6O/c38-31(35-27-15-7-11-20-8-1-6-14-25(20)27)36-29-28-30(33-18-32-29)37(19-34-28)17-26-23-12-4-2-9-21(23)16-22-10-3-5-13-24(22)26/h1-16,18-19H,17H2,(H2,32,33,35,36,38). The summed E-state index contributed by atoms with van der Waals surface area (Å²) in [6.45, 7) is 0.580. The van der Waals surface area contributed by atoms with Crippen molar-refractivity contribution < 1.29 is 4.79 Å². The molecule has 0 bridgehead atoms. The van der Waals surface area contributed by atoms with Crippen molar-refractivity contribution >= 4 is 61.0 Å². The number of imidazole rings is 1. The molecule has 0 radical (unpaired) electrons. The van der Waals surface area contributed by atoms with Crippen molar-refractivity contribution in [2.45, 2.75) is 6.54 Å². The summed E-state index contributed by atoms with van der Waals surface area (Å²) in [5.41, 5.74) is 3.10. The highest BCUT2D eigenvalue weighted by Crippen LogP contribution is 2.30. The second-order valence-corrected chi connectivity index (χ2v) is 9.17. The van der Waals surface area contributed by atoms with Gasteiger partial charge in [0, 0.05) is 5.39 Å². The zero-order chi connectivity index (χ0) is 25.5. The van der Waals surface area contributed by atoms with Crippen LogP contribution in [0.1, 0.15) is 5.56 Å². The van der Waals surface area contributed by atoms with Gasteiger partial charge in [-0.2, -0.15) is 0 Å². The Hall–Kier alpha value is -5.30. The Morgan fingerprint density at radius 3 is 2.11 bits per heavy atom. The van der Waals surface area contributed by atoms with E-state index in [-0.39, 0.29) is 0 Å². The Kier molecular flexibility index (Phi) is 5.18. The number of rotatable bonds is 4. The number of carbonyl (C=O) groups is 1. The van der Waals surface area contributed by atoms with Gasteiger partial charge in [0.2, 0.25) is 0 Å². The minimum Gasteiger partial charge on any atom is -0.311 e. The van der Waals surface area contributed by atoms with Crippen LogP contribution >= 0.6 is 0 Å². The molecule has 2 amide bonds. The maximum atomic E-state index is 12.9. The lowest BCUT2D eigenvalue weighted by atomic mass is 9.97. The van der Waals surface area contributed by atoms with E-state index in [4.69, 9.17) is 0 Å². The number of nitrogens with one attached hydrogen (secondary N) is 2. The monoisotopic (exact) mass is 494 g/mol. The van der Waals surface area contributed by atoms with E-state index in [0.717, 1.165) is 16.5 Å². The molecule has 38 heavy (non-hydrogen) atoms. The van der Waals surface area contributed by atoms with Gasteiger partial charge >= 0.3 is 6.03 Å². The molecule has 0 spiro atoms. The minimum atomic E-state index is -0.393. The molecular formula is C31H22N6O. The van der Waals surface area contributed by atoms with Crippen molar-refractivity contribution in [2.75, 3.05) is 10.6 Å². The Bertz CT molecular complexity index is 1940. The zero-order valence-corrected chi connectivity index (χ0v) is 20.3. The van der Waals surface area contributed by atoms with Gasteiger partial charge in [0.05, 0.1) is 18.6 Å². The third-order valence-corrected chi connectivity index (χ3v) is 6.88. The summed E-state index contributed by atoms with van der Waals surface area (Å²) in [5.74, 6) is 0.356. The van der Waals surface area contributed by atoms with Gasteiger partial charge in [-0.1, -0.05) is 84.9 Å². The molecule has 7 rings (SSSR count). The van der Waals surface area contributed by atoms with E-state index in [1.54, 1.807) is 6.33 Å². The van der Waals surface area contributed by atoms with Crippen LogP contribution in [0.25, 0.3) is 43.5 Å². The molecule has 0 aliphatic heterocycles. The zero-order valence-electron chi connectivity index (χ0n) is 20.3. The van der Waals surface area contributed by atoms with Gasteiger partial charge in [0.1, 0.15) is 6.33 Å². The quantitative estimate of drug-likeness (QED) is 0.259. The average molecular weight is 495 g/mol. The minimum absolute atomic E-state index is 0.356. The molecule has 5 aromatic carbocycles. The van der Waals surface area contributed by atoms with Crippen molar-refractivity contribution in [1.82, 2.24) is 19.5 Å². The van der Waals surface area contributed by atoms with Crippen molar-refractivity contribution in [3.05, 3.63) is 115 Å². The van der Waals surface area contributed by atoms with Crippen molar-refractivity contribution in [2.24, 2.45) is 0 Å². The number of hydrogen-bond donors (Lipinski definition) is 2. The van der Waals surface area contributed by atoms with E-state index < -0.39 is 6.03 Å². The molecule has 0 aliphatic rings. The number of aromatic nitrogens is 4. The summed E-state index contributed by atoms with van der Waals surface area (Å²) in [7, 11) is 0. The molecule has 7 heteroatoms. The number of nitrogens with zero attached hydrogens (tertiary/aromatic N) is 4. The maximum absolute atomic E-state index is 12.9. The molecule has 0 unspecified atom stereocenters. The third-order valence-electron chi connectivity index (χ3n) is 6.88. The van der Waals surface area contributed by atoms with Crippen LogP contribution in [0.4, 0.5) is 16.3 Å². The normalized spacial score (nSPS) is 11.4. The highest BCUT2D eigenvalue weighted by Gasteiger charge is 2.15. The predicted molar refractivity (Wildman–Crippen MR) is 152 cm³/mol. The Balaban J connectivity index is 1.23. The Labute approximate surface area is 217 Å². The fourth-order valence-corrected chi connectivity index (χ4v) is 5.13. The number of hydrogen-bond acceptors (Lipinski definition) is 4. The molecule has 0 saturated carbocycles. The molecule has 182 valence electrons. The Morgan fingerprint density at radius 2 is 1.34 bits per heavy atom. The third kappa shape index (κ3) is 3.77. The van der Waals surface area contributed by atoms with E-state index >= 15 is 0 Å². The van der Waals surface area contributed by atoms with Gasteiger partial charge in [0.25, 0.3) is 0 Å². The topological polar surface area (TPSA) is 84.7 Å². The highest BCUT2D eigenvalue weighted by atomic mass is 16.2. The van der Waals surface area contributed by atoms with Crippen LogP contribution in [0.3, 0.4) is 0 Å². The smallest absolute Gasteiger partial charge is 0.311 e. The number of urea groups is 1. The van der Waals surface area contributed by atoms with Crippen LogP contribution in [0.5, 0.6) is 0 Å². The number of amides is 2. The molecule has 2 heterocycles. The summed E-state index contributed by atoms with van der Waals surface area (Å²) >= 11 is 0. The van der Waals surface area contributed by atoms with Gasteiger partial charge in [-0.15, -0.1) is 0 Å². The highest BCUT2D eigenvalue weighted by molar-refractivity contribution is 6.08. The van der Waals surface area contributed by atoms with Crippen LogP contribution in [0.15, 0.2) is 110 Å². The SMILES string of the molecule is O=C(Nc1cccc2ccccc12)Nc1ncnc2c1ncn2Cc1c2ccccc2cc2ccccc12. The fourth-order valence-electron chi connectivity index (χ4n) is 5.13. The predicted octanol–water partition coefficient (Wildman–Crippen LogP) is 6.98. The lowest BCUT2D eigenvalue weighted by Gasteiger charge is -2.13. The molecule has 7 nitrogen and oxygen atoms in total. The first kappa shape index (κ1) is 21.9. The van der Waals surface area contributed by atoms with Gasteiger partial charge in [0.15, 0.2) is 17.0 Å². The first-order valence-corrected chi connectivity index (χ1v) is 12.4. The van der Waals surface area contributed by atoms with Crippen LogP contribution in [0, 0.1) is 0 Å². The number of benzene rings is 5. The van der Waals surface area contributed by atoms with Crippen molar-refractivity contribution in [1.29, 1.82) is 0 Å². The van der Waals surface area contributed by atoms with Gasteiger partial charge in [-0.3, -0.25) is 5.32 Å². The molecule has 0 atom stereocenters.